The van der Waals surface area contributed by atoms with Crippen LogP contribution in [0.15, 0.2) is 30.3 Å². The standard InChI is InChI=1S/C10H14BrNO/c1-3-12(2)10(11)13-9-7-5-4-6-8-9/h4-8,10H,3H2,1-2H3. The minimum absolute atomic E-state index is 0.0556. The zero-order valence-corrected chi connectivity index (χ0v) is 9.49. The largest absolute Gasteiger partial charge is 0.465 e. The number of ether oxygens (including phenoxy) is 1. The molecular formula is C10H14BrNO. The monoisotopic (exact) mass is 243 g/mol. The molecule has 1 unspecified atom stereocenters. The van der Waals surface area contributed by atoms with Gasteiger partial charge in [-0.1, -0.05) is 25.1 Å². The number of rotatable bonds is 4. The van der Waals surface area contributed by atoms with E-state index in [0.717, 1.165) is 12.3 Å². The first-order chi connectivity index (χ1) is 6.24. The second kappa shape index (κ2) is 5.25. The maximum absolute atomic E-state index is 5.61. The van der Waals surface area contributed by atoms with E-state index >= 15 is 0 Å². The molecule has 0 heterocycles. The molecule has 13 heavy (non-hydrogen) atoms. The predicted molar refractivity (Wildman–Crippen MR) is 58.1 cm³/mol. The van der Waals surface area contributed by atoms with Gasteiger partial charge >= 0.3 is 0 Å². The normalized spacial score (nSPS) is 12.9. The molecule has 72 valence electrons. The first-order valence-corrected chi connectivity index (χ1v) is 5.21. The Hall–Kier alpha value is -0.540. The van der Waals surface area contributed by atoms with E-state index < -0.39 is 0 Å². The van der Waals surface area contributed by atoms with E-state index in [1.165, 1.54) is 0 Å². The lowest BCUT2D eigenvalue weighted by molar-refractivity contribution is 0.132. The van der Waals surface area contributed by atoms with Gasteiger partial charge in [0.25, 0.3) is 0 Å². The molecule has 1 aromatic rings. The van der Waals surface area contributed by atoms with Gasteiger partial charge in [-0.2, -0.15) is 0 Å². The summed E-state index contributed by atoms with van der Waals surface area (Å²) in [5, 5.41) is -0.0556. The van der Waals surface area contributed by atoms with Crippen LogP contribution >= 0.6 is 15.9 Å². The molecule has 1 rings (SSSR count). The molecule has 1 aromatic carbocycles. The molecule has 0 radical (unpaired) electrons. The molecule has 3 heteroatoms. The van der Waals surface area contributed by atoms with Crippen molar-refractivity contribution < 1.29 is 4.74 Å². The van der Waals surface area contributed by atoms with Crippen molar-refractivity contribution >= 4 is 15.9 Å². The average Bonchev–Trinajstić information content (AvgIpc) is 2.18. The highest BCUT2D eigenvalue weighted by Crippen LogP contribution is 2.15. The third kappa shape index (κ3) is 3.36. The molecule has 0 aliphatic carbocycles. The van der Waals surface area contributed by atoms with Gasteiger partial charge in [-0.25, -0.2) is 0 Å². The lowest BCUT2D eigenvalue weighted by atomic mass is 10.3. The van der Waals surface area contributed by atoms with Crippen LogP contribution in [0.5, 0.6) is 5.75 Å². The molecule has 2 nitrogen and oxygen atoms in total. The summed E-state index contributed by atoms with van der Waals surface area (Å²) in [5.74, 6) is 0.879. The molecule has 0 amide bonds. The van der Waals surface area contributed by atoms with E-state index in [1.807, 2.05) is 37.4 Å². The zero-order valence-electron chi connectivity index (χ0n) is 7.90. The van der Waals surface area contributed by atoms with Crippen LogP contribution in [0.3, 0.4) is 0 Å². The van der Waals surface area contributed by atoms with E-state index in [1.54, 1.807) is 0 Å². The molecule has 0 saturated carbocycles. The van der Waals surface area contributed by atoms with Crippen molar-refractivity contribution in [1.29, 1.82) is 0 Å². The second-order valence-corrected chi connectivity index (χ2v) is 3.58. The number of hydrogen-bond donors (Lipinski definition) is 0. The number of benzene rings is 1. The van der Waals surface area contributed by atoms with Gasteiger partial charge in [-0.05, 0) is 41.7 Å². The van der Waals surface area contributed by atoms with E-state index in [9.17, 15) is 0 Å². The number of alkyl halides is 1. The second-order valence-electron chi connectivity index (χ2n) is 2.80. The van der Waals surface area contributed by atoms with E-state index in [0.29, 0.717) is 0 Å². The maximum Gasteiger partial charge on any atom is 0.209 e. The zero-order chi connectivity index (χ0) is 9.68. The first kappa shape index (κ1) is 10.5. The van der Waals surface area contributed by atoms with Crippen molar-refractivity contribution in [2.75, 3.05) is 13.6 Å². The van der Waals surface area contributed by atoms with Crippen LogP contribution in [0.2, 0.25) is 0 Å². The molecule has 0 aliphatic heterocycles. The summed E-state index contributed by atoms with van der Waals surface area (Å²) >= 11 is 3.44. The fraction of sp³-hybridized carbons (Fsp3) is 0.400. The molecule has 0 saturated heterocycles. The molecule has 0 aromatic heterocycles. The lowest BCUT2D eigenvalue weighted by Crippen LogP contribution is -2.30. The number of nitrogens with zero attached hydrogens (tertiary/aromatic N) is 1. The minimum atomic E-state index is -0.0556. The van der Waals surface area contributed by atoms with Crippen LogP contribution < -0.4 is 4.74 Å². The summed E-state index contributed by atoms with van der Waals surface area (Å²) in [7, 11) is 2.00. The highest BCUT2D eigenvalue weighted by atomic mass is 79.9. The highest BCUT2D eigenvalue weighted by Gasteiger charge is 2.09. The van der Waals surface area contributed by atoms with Gasteiger partial charge in [0.15, 0.2) is 0 Å². The predicted octanol–water partition coefficient (Wildman–Crippen LogP) is 2.70. The van der Waals surface area contributed by atoms with Crippen molar-refractivity contribution in [3.63, 3.8) is 0 Å². The summed E-state index contributed by atoms with van der Waals surface area (Å²) in [6.07, 6.45) is 0. The van der Waals surface area contributed by atoms with Gasteiger partial charge in [-0.15, -0.1) is 0 Å². The molecular weight excluding hydrogens is 230 g/mol. The Morgan fingerprint density at radius 2 is 2.00 bits per heavy atom. The minimum Gasteiger partial charge on any atom is -0.465 e. The molecule has 0 aliphatic rings. The van der Waals surface area contributed by atoms with Gasteiger partial charge in [0.1, 0.15) is 5.75 Å². The summed E-state index contributed by atoms with van der Waals surface area (Å²) in [6.45, 7) is 3.03. The maximum atomic E-state index is 5.61. The first-order valence-electron chi connectivity index (χ1n) is 4.30. The summed E-state index contributed by atoms with van der Waals surface area (Å²) in [6, 6.07) is 9.77. The number of halogens is 1. The van der Waals surface area contributed by atoms with Crippen molar-refractivity contribution in [3.8, 4) is 5.75 Å². The Morgan fingerprint density at radius 3 is 2.54 bits per heavy atom. The Labute approximate surface area is 87.6 Å². The van der Waals surface area contributed by atoms with Crippen LogP contribution in [0.4, 0.5) is 0 Å². The fourth-order valence-corrected chi connectivity index (χ4v) is 1.35. The Balaban J connectivity index is 2.50. The number of hydrogen-bond acceptors (Lipinski definition) is 2. The topological polar surface area (TPSA) is 12.5 Å². The van der Waals surface area contributed by atoms with Gasteiger partial charge in [0.05, 0.1) is 0 Å². The molecule has 0 N–H and O–H groups in total. The average molecular weight is 244 g/mol. The highest BCUT2D eigenvalue weighted by molar-refractivity contribution is 9.09. The van der Waals surface area contributed by atoms with Crippen LogP contribution in [0.1, 0.15) is 6.92 Å². The van der Waals surface area contributed by atoms with E-state index in [-0.39, 0.29) is 5.14 Å². The van der Waals surface area contributed by atoms with Crippen molar-refractivity contribution in [2.45, 2.75) is 12.1 Å². The Morgan fingerprint density at radius 1 is 1.38 bits per heavy atom. The quantitative estimate of drug-likeness (QED) is 0.458. The van der Waals surface area contributed by atoms with Crippen molar-refractivity contribution in [1.82, 2.24) is 4.90 Å². The molecule has 0 spiro atoms. The SMILES string of the molecule is CCN(C)C(Br)Oc1ccccc1. The third-order valence-corrected chi connectivity index (χ3v) is 2.71. The molecule has 0 bridgehead atoms. The fourth-order valence-electron chi connectivity index (χ4n) is 0.845. The summed E-state index contributed by atoms with van der Waals surface area (Å²) in [5.41, 5.74) is 0. The molecule has 0 fully saturated rings. The summed E-state index contributed by atoms with van der Waals surface area (Å²) in [4.78, 5) is 2.06. The van der Waals surface area contributed by atoms with Crippen molar-refractivity contribution in [2.24, 2.45) is 0 Å². The van der Waals surface area contributed by atoms with Crippen LogP contribution in [0, 0.1) is 0 Å². The van der Waals surface area contributed by atoms with Crippen LogP contribution in [0.25, 0.3) is 0 Å². The van der Waals surface area contributed by atoms with Gasteiger partial charge < -0.3 is 4.74 Å². The smallest absolute Gasteiger partial charge is 0.209 e. The van der Waals surface area contributed by atoms with Gasteiger partial charge in [-0.3, -0.25) is 4.90 Å². The van der Waals surface area contributed by atoms with E-state index in [4.69, 9.17) is 4.74 Å². The Bertz CT molecular complexity index is 240. The van der Waals surface area contributed by atoms with E-state index in [2.05, 4.69) is 27.8 Å². The Kier molecular flexibility index (Phi) is 4.25. The lowest BCUT2D eigenvalue weighted by Gasteiger charge is -2.22. The van der Waals surface area contributed by atoms with Crippen LogP contribution in [-0.2, 0) is 0 Å². The van der Waals surface area contributed by atoms with Crippen molar-refractivity contribution in [3.05, 3.63) is 30.3 Å². The van der Waals surface area contributed by atoms with Crippen LogP contribution in [-0.4, -0.2) is 23.6 Å². The summed E-state index contributed by atoms with van der Waals surface area (Å²) < 4.78 is 5.61. The third-order valence-electron chi connectivity index (χ3n) is 1.82. The number of para-hydroxylation sites is 1. The van der Waals surface area contributed by atoms with Gasteiger partial charge in [0.2, 0.25) is 5.14 Å². The van der Waals surface area contributed by atoms with Gasteiger partial charge in [0, 0.05) is 0 Å². The molecule has 1 atom stereocenters.